The lowest BCUT2D eigenvalue weighted by atomic mass is 10.1. The van der Waals surface area contributed by atoms with Gasteiger partial charge in [0.2, 0.25) is 0 Å². The van der Waals surface area contributed by atoms with Crippen molar-refractivity contribution in [2.45, 2.75) is 12.8 Å². The van der Waals surface area contributed by atoms with E-state index < -0.39 is 0 Å². The third-order valence-electron chi connectivity index (χ3n) is 3.10. The molecule has 0 radical (unpaired) electrons. The van der Waals surface area contributed by atoms with Gasteiger partial charge < -0.3 is 9.84 Å². The van der Waals surface area contributed by atoms with Crippen LogP contribution in [0.3, 0.4) is 0 Å². The van der Waals surface area contributed by atoms with Crippen LogP contribution in [0.2, 0.25) is 0 Å². The standard InChI is InChI=1S/C14H14N6O2/c21-14(15-8-4-7-12-17-19-20-18-12)11-9-16-22-13(11)10-5-2-1-3-6-10/h1-3,5-6,9H,4,7-8H2,(H,15,21)(H,17,18,19,20). The Bertz CT molecular complexity index is 723. The van der Waals surface area contributed by atoms with E-state index in [4.69, 9.17) is 4.52 Å². The number of hydrogen-bond donors (Lipinski definition) is 2. The molecule has 8 heteroatoms. The van der Waals surface area contributed by atoms with Crippen LogP contribution < -0.4 is 5.32 Å². The van der Waals surface area contributed by atoms with E-state index in [1.807, 2.05) is 30.3 Å². The molecule has 2 N–H and O–H groups in total. The first-order valence-electron chi connectivity index (χ1n) is 6.85. The minimum absolute atomic E-state index is 0.215. The van der Waals surface area contributed by atoms with E-state index in [1.54, 1.807) is 0 Å². The maximum atomic E-state index is 12.2. The van der Waals surface area contributed by atoms with Gasteiger partial charge in [0.15, 0.2) is 11.6 Å². The highest BCUT2D eigenvalue weighted by molar-refractivity contribution is 5.99. The number of nitrogens with one attached hydrogen (secondary N) is 2. The number of tetrazole rings is 1. The fourth-order valence-electron chi connectivity index (χ4n) is 2.03. The molecule has 0 fully saturated rings. The van der Waals surface area contributed by atoms with Crippen LogP contribution in [-0.2, 0) is 6.42 Å². The van der Waals surface area contributed by atoms with Crippen molar-refractivity contribution < 1.29 is 9.32 Å². The molecule has 112 valence electrons. The van der Waals surface area contributed by atoms with Crippen molar-refractivity contribution in [1.29, 1.82) is 0 Å². The fraction of sp³-hybridized carbons (Fsp3) is 0.214. The minimum Gasteiger partial charge on any atom is -0.355 e. The molecular formula is C14H14N6O2. The summed E-state index contributed by atoms with van der Waals surface area (Å²) in [6, 6.07) is 9.40. The highest BCUT2D eigenvalue weighted by Crippen LogP contribution is 2.22. The first-order chi connectivity index (χ1) is 10.8. The Morgan fingerprint density at radius 1 is 1.27 bits per heavy atom. The van der Waals surface area contributed by atoms with Gasteiger partial charge in [-0.05, 0) is 6.42 Å². The Morgan fingerprint density at radius 3 is 2.91 bits per heavy atom. The summed E-state index contributed by atoms with van der Waals surface area (Å²) in [5.41, 5.74) is 1.24. The number of hydrogen-bond acceptors (Lipinski definition) is 6. The number of rotatable bonds is 6. The van der Waals surface area contributed by atoms with Crippen molar-refractivity contribution in [3.8, 4) is 11.3 Å². The molecule has 2 aromatic heterocycles. The Kier molecular flexibility index (Phi) is 4.19. The topological polar surface area (TPSA) is 110 Å². The molecule has 1 amide bonds. The summed E-state index contributed by atoms with van der Waals surface area (Å²) >= 11 is 0. The first-order valence-corrected chi connectivity index (χ1v) is 6.85. The van der Waals surface area contributed by atoms with Crippen LogP contribution in [0.25, 0.3) is 11.3 Å². The lowest BCUT2D eigenvalue weighted by molar-refractivity contribution is 0.0953. The van der Waals surface area contributed by atoms with Crippen molar-refractivity contribution >= 4 is 5.91 Å². The van der Waals surface area contributed by atoms with Crippen molar-refractivity contribution in [2.24, 2.45) is 0 Å². The molecule has 0 bridgehead atoms. The van der Waals surface area contributed by atoms with Gasteiger partial charge in [0, 0.05) is 18.5 Å². The summed E-state index contributed by atoms with van der Waals surface area (Å²) in [5, 5.41) is 20.1. The molecule has 0 aliphatic carbocycles. The smallest absolute Gasteiger partial charge is 0.256 e. The molecule has 0 saturated heterocycles. The zero-order chi connectivity index (χ0) is 15.2. The molecule has 0 unspecified atom stereocenters. The van der Waals surface area contributed by atoms with Gasteiger partial charge in [0.1, 0.15) is 5.56 Å². The highest BCUT2D eigenvalue weighted by atomic mass is 16.5. The normalized spacial score (nSPS) is 10.5. The molecule has 0 atom stereocenters. The monoisotopic (exact) mass is 298 g/mol. The number of benzene rings is 1. The maximum absolute atomic E-state index is 12.2. The average molecular weight is 298 g/mol. The first kappa shape index (κ1) is 13.9. The van der Waals surface area contributed by atoms with Gasteiger partial charge in [-0.1, -0.05) is 40.7 Å². The molecule has 22 heavy (non-hydrogen) atoms. The summed E-state index contributed by atoms with van der Waals surface area (Å²) in [7, 11) is 0. The highest BCUT2D eigenvalue weighted by Gasteiger charge is 2.17. The zero-order valence-corrected chi connectivity index (χ0v) is 11.7. The van der Waals surface area contributed by atoms with Crippen molar-refractivity contribution in [3.05, 3.63) is 47.9 Å². The van der Waals surface area contributed by atoms with Crippen LogP contribution in [0.1, 0.15) is 22.6 Å². The van der Waals surface area contributed by atoms with Gasteiger partial charge in [-0.15, -0.1) is 10.2 Å². The van der Waals surface area contributed by atoms with Crippen molar-refractivity contribution in [3.63, 3.8) is 0 Å². The van der Waals surface area contributed by atoms with Gasteiger partial charge in [-0.2, -0.15) is 5.21 Å². The zero-order valence-electron chi connectivity index (χ0n) is 11.7. The van der Waals surface area contributed by atoms with E-state index in [-0.39, 0.29) is 5.91 Å². The number of carbonyl (C=O) groups is 1. The maximum Gasteiger partial charge on any atom is 0.256 e. The molecular weight excluding hydrogens is 284 g/mol. The second-order valence-corrected chi connectivity index (χ2v) is 4.62. The predicted octanol–water partition coefficient (Wildman–Crippen LogP) is 1.22. The number of aryl methyl sites for hydroxylation is 1. The average Bonchev–Trinajstić information content (AvgIpc) is 3.23. The SMILES string of the molecule is O=C(NCCCc1nn[nH]n1)c1cnoc1-c1ccccc1. The number of aromatic amines is 1. The Hall–Kier alpha value is -3.03. The summed E-state index contributed by atoms with van der Waals surface area (Å²) < 4.78 is 5.19. The second-order valence-electron chi connectivity index (χ2n) is 4.62. The van der Waals surface area contributed by atoms with Crippen LogP contribution in [0.5, 0.6) is 0 Å². The molecule has 0 saturated carbocycles. The predicted molar refractivity (Wildman–Crippen MR) is 76.8 cm³/mol. The Labute approximate surface area is 125 Å². The number of amides is 1. The lowest BCUT2D eigenvalue weighted by Gasteiger charge is -2.03. The van der Waals surface area contributed by atoms with Crippen LogP contribution in [0.15, 0.2) is 41.1 Å². The van der Waals surface area contributed by atoms with E-state index >= 15 is 0 Å². The van der Waals surface area contributed by atoms with Gasteiger partial charge in [0.25, 0.3) is 5.91 Å². The summed E-state index contributed by atoms with van der Waals surface area (Å²) in [5.74, 6) is 0.883. The van der Waals surface area contributed by atoms with E-state index in [0.717, 1.165) is 12.0 Å². The van der Waals surface area contributed by atoms with Gasteiger partial charge >= 0.3 is 0 Å². The Balaban J connectivity index is 1.58. The van der Waals surface area contributed by atoms with Gasteiger partial charge in [0.05, 0.1) is 6.20 Å². The number of carbonyl (C=O) groups excluding carboxylic acids is 1. The molecule has 3 aromatic rings. The van der Waals surface area contributed by atoms with E-state index in [1.165, 1.54) is 6.20 Å². The molecule has 3 rings (SSSR count). The molecule has 0 aliphatic heterocycles. The Morgan fingerprint density at radius 2 is 2.14 bits per heavy atom. The fourth-order valence-corrected chi connectivity index (χ4v) is 2.03. The summed E-state index contributed by atoms with van der Waals surface area (Å²) in [6.45, 7) is 0.507. The minimum atomic E-state index is -0.215. The second kappa shape index (κ2) is 6.61. The van der Waals surface area contributed by atoms with Gasteiger partial charge in [-0.3, -0.25) is 4.79 Å². The lowest BCUT2D eigenvalue weighted by Crippen LogP contribution is -2.25. The quantitative estimate of drug-likeness (QED) is 0.662. The number of nitrogens with zero attached hydrogens (tertiary/aromatic N) is 4. The third kappa shape index (κ3) is 3.17. The molecule has 2 heterocycles. The molecule has 0 aliphatic rings. The number of aromatic nitrogens is 5. The van der Waals surface area contributed by atoms with E-state index in [2.05, 4.69) is 31.1 Å². The van der Waals surface area contributed by atoms with Crippen molar-refractivity contribution in [1.82, 2.24) is 31.1 Å². The van der Waals surface area contributed by atoms with Gasteiger partial charge in [-0.25, -0.2) is 0 Å². The largest absolute Gasteiger partial charge is 0.355 e. The molecule has 0 spiro atoms. The molecule has 8 nitrogen and oxygen atoms in total. The van der Waals surface area contributed by atoms with E-state index in [0.29, 0.717) is 30.1 Å². The van der Waals surface area contributed by atoms with Crippen molar-refractivity contribution in [2.75, 3.05) is 6.54 Å². The van der Waals surface area contributed by atoms with Crippen LogP contribution in [-0.4, -0.2) is 38.2 Å². The van der Waals surface area contributed by atoms with E-state index in [9.17, 15) is 4.79 Å². The summed E-state index contributed by atoms with van der Waals surface area (Å²) in [6.07, 6.45) is 2.79. The summed E-state index contributed by atoms with van der Waals surface area (Å²) in [4.78, 5) is 12.2. The third-order valence-corrected chi connectivity index (χ3v) is 3.10. The van der Waals surface area contributed by atoms with Crippen LogP contribution >= 0.6 is 0 Å². The van der Waals surface area contributed by atoms with Crippen LogP contribution in [0.4, 0.5) is 0 Å². The number of H-pyrrole nitrogens is 1. The molecule has 1 aromatic carbocycles. The van der Waals surface area contributed by atoms with Crippen LogP contribution in [0, 0.1) is 0 Å².